The fourth-order valence-corrected chi connectivity index (χ4v) is 5.19. The predicted octanol–water partition coefficient (Wildman–Crippen LogP) is 6.24. The number of ether oxygens (including phenoxy) is 1. The molecule has 2 aromatic heterocycles. The molecule has 212 valence electrons. The number of hydrogen-bond donors (Lipinski definition) is 3. The van der Waals surface area contributed by atoms with Gasteiger partial charge < -0.3 is 20.7 Å². The Hall–Kier alpha value is -4.25. The van der Waals surface area contributed by atoms with Crippen LogP contribution in [0.15, 0.2) is 60.9 Å². The van der Waals surface area contributed by atoms with E-state index in [0.29, 0.717) is 39.6 Å². The summed E-state index contributed by atoms with van der Waals surface area (Å²) >= 11 is 0. The van der Waals surface area contributed by atoms with Gasteiger partial charge in [0, 0.05) is 41.4 Å². The molecule has 6 rings (SSSR count). The Morgan fingerprint density at radius 2 is 1.90 bits per heavy atom. The average Bonchev–Trinajstić information content (AvgIpc) is 3.79. The van der Waals surface area contributed by atoms with E-state index in [1.165, 1.54) is 0 Å². The van der Waals surface area contributed by atoms with E-state index in [0.717, 1.165) is 31.5 Å². The number of nitrogens with zero attached hydrogens (tertiary/aromatic N) is 3. The number of fused-ring (bicyclic) bond motifs is 1. The summed E-state index contributed by atoms with van der Waals surface area (Å²) in [7, 11) is 0. The van der Waals surface area contributed by atoms with Crippen molar-refractivity contribution in [2.24, 2.45) is 5.41 Å². The highest BCUT2D eigenvalue weighted by atomic mass is 19.4. The van der Waals surface area contributed by atoms with Crippen molar-refractivity contribution < 1.29 is 22.7 Å². The molecule has 1 aliphatic carbocycles. The van der Waals surface area contributed by atoms with Gasteiger partial charge in [-0.15, -0.1) is 0 Å². The first kappa shape index (κ1) is 26.9. The number of alkyl halides is 3. The molecule has 8 nitrogen and oxygen atoms in total. The molecule has 1 saturated carbocycles. The predicted molar refractivity (Wildman–Crippen MR) is 150 cm³/mol. The van der Waals surface area contributed by atoms with Crippen molar-refractivity contribution in [1.82, 2.24) is 20.3 Å². The van der Waals surface area contributed by atoms with Crippen LogP contribution in [0.25, 0.3) is 22.0 Å². The maximum Gasteiger partial charge on any atom is 0.403 e. The first-order valence-corrected chi connectivity index (χ1v) is 13.6. The zero-order valence-electron chi connectivity index (χ0n) is 22.4. The molecule has 1 saturated heterocycles. The monoisotopic (exact) mass is 562 g/mol. The van der Waals surface area contributed by atoms with Crippen LogP contribution in [0.4, 0.5) is 24.8 Å². The van der Waals surface area contributed by atoms with Gasteiger partial charge in [0.2, 0.25) is 17.7 Å². The van der Waals surface area contributed by atoms with Gasteiger partial charge in [-0.2, -0.15) is 13.2 Å². The van der Waals surface area contributed by atoms with E-state index in [9.17, 15) is 18.0 Å². The van der Waals surface area contributed by atoms with Crippen molar-refractivity contribution in [3.05, 3.63) is 66.5 Å². The second-order valence-electron chi connectivity index (χ2n) is 10.6. The number of hydrogen-bond acceptors (Lipinski definition) is 7. The number of benzene rings is 2. The number of pyridine rings is 1. The third-order valence-electron chi connectivity index (χ3n) is 7.72. The summed E-state index contributed by atoms with van der Waals surface area (Å²) in [5.41, 5.74) is 0.0450. The number of rotatable bonds is 7. The molecule has 41 heavy (non-hydrogen) atoms. The summed E-state index contributed by atoms with van der Waals surface area (Å²) in [6.07, 6.45) is 0.403. The number of carbonyl (C=O) groups is 1. The van der Waals surface area contributed by atoms with Gasteiger partial charge >= 0.3 is 6.18 Å². The Kier molecular flexibility index (Phi) is 6.98. The minimum Gasteiger partial charge on any atom is -0.437 e. The number of amides is 1. The Morgan fingerprint density at radius 3 is 2.66 bits per heavy atom. The molecule has 0 bridgehead atoms. The second-order valence-corrected chi connectivity index (χ2v) is 10.6. The summed E-state index contributed by atoms with van der Waals surface area (Å²) in [6.45, 7) is 3.72. The SMILES string of the molecule is Cc1ccc2c(NC(=O)C3(C(F)(F)F)CC3)cccc2c1Oc1ncccc1-c1ccnc(NC2CCCNC2)n1. The third-order valence-corrected chi connectivity index (χ3v) is 7.72. The van der Waals surface area contributed by atoms with Gasteiger partial charge in [-0.05, 0) is 69.0 Å². The van der Waals surface area contributed by atoms with Crippen LogP contribution in [-0.4, -0.2) is 46.2 Å². The van der Waals surface area contributed by atoms with Crippen LogP contribution >= 0.6 is 0 Å². The molecule has 3 heterocycles. The molecule has 3 N–H and O–H groups in total. The van der Waals surface area contributed by atoms with E-state index in [1.54, 1.807) is 54.9 Å². The summed E-state index contributed by atoms with van der Waals surface area (Å²) < 4.78 is 47.0. The smallest absolute Gasteiger partial charge is 0.403 e. The molecule has 1 unspecified atom stereocenters. The van der Waals surface area contributed by atoms with Crippen molar-refractivity contribution >= 4 is 28.3 Å². The number of aromatic nitrogens is 3. The van der Waals surface area contributed by atoms with Crippen molar-refractivity contribution in [2.75, 3.05) is 23.7 Å². The van der Waals surface area contributed by atoms with Gasteiger partial charge in [0.1, 0.15) is 11.2 Å². The molecule has 0 spiro atoms. The van der Waals surface area contributed by atoms with Crippen LogP contribution in [0.5, 0.6) is 11.6 Å². The summed E-state index contributed by atoms with van der Waals surface area (Å²) in [6, 6.07) is 14.3. The Labute approximate surface area is 234 Å². The Balaban J connectivity index is 1.31. The Bertz CT molecular complexity index is 1600. The van der Waals surface area contributed by atoms with Crippen molar-refractivity contribution in [3.8, 4) is 22.9 Å². The first-order valence-electron chi connectivity index (χ1n) is 13.6. The van der Waals surface area contributed by atoms with Crippen LogP contribution in [0.3, 0.4) is 0 Å². The van der Waals surface area contributed by atoms with Crippen LogP contribution < -0.4 is 20.7 Å². The zero-order valence-corrected chi connectivity index (χ0v) is 22.4. The minimum atomic E-state index is -4.59. The molecule has 1 atom stereocenters. The van der Waals surface area contributed by atoms with E-state index >= 15 is 0 Å². The van der Waals surface area contributed by atoms with Crippen LogP contribution in [0.2, 0.25) is 0 Å². The van der Waals surface area contributed by atoms with Gasteiger partial charge in [-0.1, -0.05) is 24.3 Å². The van der Waals surface area contributed by atoms with Gasteiger partial charge in [-0.3, -0.25) is 4.79 Å². The largest absolute Gasteiger partial charge is 0.437 e. The number of aryl methyl sites for hydroxylation is 1. The van der Waals surface area contributed by atoms with E-state index in [1.807, 2.05) is 13.0 Å². The molecule has 4 aromatic rings. The topological polar surface area (TPSA) is 101 Å². The average molecular weight is 563 g/mol. The quantitative estimate of drug-likeness (QED) is 0.245. The van der Waals surface area contributed by atoms with Gasteiger partial charge in [-0.25, -0.2) is 15.0 Å². The van der Waals surface area contributed by atoms with Crippen molar-refractivity contribution in [3.63, 3.8) is 0 Å². The molecule has 0 radical (unpaired) electrons. The third kappa shape index (κ3) is 5.29. The first-order chi connectivity index (χ1) is 19.7. The van der Waals surface area contributed by atoms with E-state index in [-0.39, 0.29) is 24.6 Å². The fraction of sp³-hybridized carbons (Fsp3) is 0.333. The molecule has 2 aliphatic rings. The second kappa shape index (κ2) is 10.6. The number of halogens is 3. The summed E-state index contributed by atoms with van der Waals surface area (Å²) in [4.78, 5) is 26.3. The lowest BCUT2D eigenvalue weighted by molar-refractivity contribution is -0.189. The number of nitrogens with one attached hydrogen (secondary N) is 3. The summed E-state index contributed by atoms with van der Waals surface area (Å²) in [5, 5.41) is 10.5. The van der Waals surface area contributed by atoms with Crippen LogP contribution in [0, 0.1) is 12.3 Å². The number of carbonyl (C=O) groups excluding carboxylic acids is 1. The highest BCUT2D eigenvalue weighted by molar-refractivity contribution is 6.07. The maximum absolute atomic E-state index is 13.5. The van der Waals surface area contributed by atoms with E-state index in [4.69, 9.17) is 9.72 Å². The molecule has 1 aliphatic heterocycles. The van der Waals surface area contributed by atoms with Gasteiger partial charge in [0.25, 0.3) is 0 Å². The van der Waals surface area contributed by atoms with E-state index in [2.05, 4.69) is 25.9 Å². The number of anilines is 2. The van der Waals surface area contributed by atoms with Crippen molar-refractivity contribution in [2.45, 2.75) is 44.8 Å². The lowest BCUT2D eigenvalue weighted by Crippen LogP contribution is -2.38. The molecule has 11 heteroatoms. The van der Waals surface area contributed by atoms with Crippen molar-refractivity contribution in [1.29, 1.82) is 0 Å². The zero-order chi connectivity index (χ0) is 28.6. The van der Waals surface area contributed by atoms with Crippen LogP contribution in [0.1, 0.15) is 31.2 Å². The molecule has 2 aromatic carbocycles. The lowest BCUT2D eigenvalue weighted by atomic mass is 10.0. The Morgan fingerprint density at radius 1 is 1.05 bits per heavy atom. The standard InChI is InChI=1S/C30H29F3N6O2/c1-18-9-10-20-21(6-2-8-23(20)38-27(40)29(12-13-29)30(31,32)33)25(18)41-26-22(7-4-15-35-26)24-11-16-36-28(39-24)37-19-5-3-14-34-17-19/h2,4,6-11,15-16,19,34H,3,5,12-14,17H2,1H3,(H,38,40)(H,36,37,39). The maximum atomic E-state index is 13.5. The molecular weight excluding hydrogens is 533 g/mol. The van der Waals surface area contributed by atoms with Gasteiger partial charge in [0.15, 0.2) is 0 Å². The molecule has 1 amide bonds. The fourth-order valence-electron chi connectivity index (χ4n) is 5.19. The minimum absolute atomic E-state index is 0.207. The lowest BCUT2D eigenvalue weighted by Gasteiger charge is -2.23. The highest BCUT2D eigenvalue weighted by Gasteiger charge is 2.68. The normalized spacial score (nSPS) is 18.1. The molecular formula is C30H29F3N6O2. The summed E-state index contributed by atoms with van der Waals surface area (Å²) in [5.74, 6) is 0.275. The highest BCUT2D eigenvalue weighted by Crippen LogP contribution is 2.58. The number of piperidine rings is 1. The van der Waals surface area contributed by atoms with Crippen LogP contribution in [-0.2, 0) is 4.79 Å². The van der Waals surface area contributed by atoms with Gasteiger partial charge in [0.05, 0.1) is 11.3 Å². The van der Waals surface area contributed by atoms with E-state index < -0.39 is 17.5 Å². The molecule has 2 fully saturated rings.